The van der Waals surface area contributed by atoms with Gasteiger partial charge in [0.25, 0.3) is 0 Å². The molecule has 3 aromatic rings. The Morgan fingerprint density at radius 3 is 1.27 bits per heavy atom. The first-order valence-electron chi connectivity index (χ1n) is 11.8. The molecule has 220 valence electrons. The predicted molar refractivity (Wildman–Crippen MR) is 157 cm³/mol. The highest BCUT2D eigenvalue weighted by Gasteiger charge is 2.35. The summed E-state index contributed by atoms with van der Waals surface area (Å²) in [5, 5.41) is -0.671. The molecule has 0 atom stereocenters. The molecular formula is C28H26Cl4O9. The minimum Gasteiger partial charge on any atom is -0.493 e. The van der Waals surface area contributed by atoms with Gasteiger partial charge in [0.05, 0.1) is 86.0 Å². The Hall–Kier alpha value is -3.24. The Morgan fingerprint density at radius 1 is 0.561 bits per heavy atom. The lowest BCUT2D eigenvalue weighted by Gasteiger charge is -2.21. The van der Waals surface area contributed by atoms with E-state index >= 15 is 0 Å². The molecule has 0 aliphatic heterocycles. The number of carbonyl (C=O) groups excluding carboxylic acids is 2. The van der Waals surface area contributed by atoms with Crippen molar-refractivity contribution in [2.75, 3.05) is 49.3 Å². The number of benzene rings is 3. The quantitative estimate of drug-likeness (QED) is 0.189. The number of carbonyl (C=O) groups is 2. The van der Waals surface area contributed by atoms with Gasteiger partial charge in [-0.1, -0.05) is 58.5 Å². The van der Waals surface area contributed by atoms with Gasteiger partial charge in [-0.15, -0.1) is 0 Å². The normalized spacial score (nSPS) is 10.6. The van der Waals surface area contributed by atoms with E-state index in [0.717, 1.165) is 0 Å². The highest BCUT2D eigenvalue weighted by Crippen LogP contribution is 2.52. The van der Waals surface area contributed by atoms with E-state index in [9.17, 15) is 9.59 Å². The second-order valence-corrected chi connectivity index (χ2v) is 9.49. The Kier molecular flexibility index (Phi) is 10.7. The maximum atomic E-state index is 14.3. The van der Waals surface area contributed by atoms with Gasteiger partial charge in [0.2, 0.25) is 17.3 Å². The first-order chi connectivity index (χ1) is 19.6. The van der Waals surface area contributed by atoms with Crippen LogP contribution in [0, 0.1) is 0 Å². The molecule has 0 aliphatic carbocycles. The zero-order valence-electron chi connectivity index (χ0n) is 23.1. The van der Waals surface area contributed by atoms with Crippen LogP contribution < -0.4 is 33.2 Å². The molecule has 0 N–H and O–H groups in total. The van der Waals surface area contributed by atoms with Gasteiger partial charge in [-0.3, -0.25) is 9.59 Å². The number of hydrogen-bond donors (Lipinski definition) is 0. The Labute approximate surface area is 257 Å². The van der Waals surface area contributed by atoms with E-state index in [1.807, 2.05) is 0 Å². The van der Waals surface area contributed by atoms with Crippen LogP contribution in [0.1, 0.15) is 38.8 Å². The molecule has 3 aromatic carbocycles. The van der Waals surface area contributed by atoms with E-state index < -0.39 is 11.6 Å². The summed E-state index contributed by atoms with van der Waals surface area (Å²) >= 11 is 26.5. The number of rotatable bonds is 12. The number of ketones is 2. The highest BCUT2D eigenvalue weighted by atomic mass is 35.5. The predicted octanol–water partition coefficient (Wildman–Crippen LogP) is 7.21. The summed E-state index contributed by atoms with van der Waals surface area (Å²) in [6.07, 6.45) is 0. The summed E-state index contributed by atoms with van der Waals surface area (Å²) in [6.45, 7) is 1.88. The summed E-state index contributed by atoms with van der Waals surface area (Å²) in [5.74, 6) is -1.29. The van der Waals surface area contributed by atoms with Crippen molar-refractivity contribution in [1.29, 1.82) is 0 Å². The van der Waals surface area contributed by atoms with Crippen molar-refractivity contribution < 1.29 is 42.7 Å². The fourth-order valence-corrected chi connectivity index (χ4v) is 5.71. The molecule has 0 saturated carbocycles. The lowest BCUT2D eigenvalue weighted by molar-refractivity contribution is 0.0999. The van der Waals surface area contributed by atoms with Gasteiger partial charge in [0, 0.05) is 5.56 Å². The van der Waals surface area contributed by atoms with Gasteiger partial charge >= 0.3 is 0 Å². The van der Waals surface area contributed by atoms with Crippen LogP contribution in [0.15, 0.2) is 18.2 Å². The Bertz CT molecular complexity index is 1440. The molecule has 0 spiro atoms. The molecule has 41 heavy (non-hydrogen) atoms. The first kappa shape index (κ1) is 32.3. The van der Waals surface area contributed by atoms with Crippen molar-refractivity contribution in [2.24, 2.45) is 0 Å². The lowest BCUT2D eigenvalue weighted by atomic mass is 9.91. The number of methoxy groups -OCH3 is 6. The van der Waals surface area contributed by atoms with Crippen LogP contribution in [0.4, 0.5) is 0 Å². The highest BCUT2D eigenvalue weighted by molar-refractivity contribution is 6.45. The summed E-state index contributed by atoms with van der Waals surface area (Å²) in [6, 6.07) is 4.46. The molecule has 0 radical (unpaired) electrons. The van der Waals surface area contributed by atoms with E-state index in [1.165, 1.54) is 60.9 Å². The molecule has 0 unspecified atom stereocenters. The van der Waals surface area contributed by atoms with Crippen LogP contribution in [0.3, 0.4) is 0 Å². The van der Waals surface area contributed by atoms with E-state index in [2.05, 4.69) is 0 Å². The lowest BCUT2D eigenvalue weighted by Crippen LogP contribution is -2.16. The molecule has 9 nitrogen and oxygen atoms in total. The van der Waals surface area contributed by atoms with Crippen LogP contribution in [0.5, 0.6) is 40.2 Å². The maximum absolute atomic E-state index is 14.3. The molecule has 0 amide bonds. The van der Waals surface area contributed by atoms with Crippen molar-refractivity contribution >= 4 is 58.0 Å². The van der Waals surface area contributed by atoms with Crippen molar-refractivity contribution in [2.45, 2.75) is 6.92 Å². The molecule has 3 rings (SSSR count). The number of hydrogen-bond acceptors (Lipinski definition) is 9. The van der Waals surface area contributed by atoms with E-state index in [1.54, 1.807) is 6.92 Å². The molecule has 0 bridgehead atoms. The van der Waals surface area contributed by atoms with Crippen LogP contribution in [0.2, 0.25) is 20.1 Å². The van der Waals surface area contributed by atoms with Crippen molar-refractivity contribution in [3.8, 4) is 40.2 Å². The maximum Gasteiger partial charge on any atom is 0.206 e. The second-order valence-electron chi connectivity index (χ2n) is 7.98. The molecular weight excluding hydrogens is 622 g/mol. The molecule has 13 heteroatoms. The van der Waals surface area contributed by atoms with Crippen LogP contribution in [-0.2, 0) is 0 Å². The average molecular weight is 648 g/mol. The largest absolute Gasteiger partial charge is 0.493 e. The molecule has 0 saturated heterocycles. The second kappa shape index (κ2) is 13.6. The van der Waals surface area contributed by atoms with Crippen LogP contribution >= 0.6 is 46.4 Å². The molecule has 0 aromatic heterocycles. The standard InChI is InChI=1S/C28H26Cl4O9/c1-8-41-13-11-9-10-12(21(33)15-17(29)23(35-2)27(39-6)24(36-3)18(15)30)14(13)22(34)16-19(31)25(37-4)28(40-7)26(38-5)20(16)32/h9-11H,8H2,1-7H3. The van der Waals surface area contributed by atoms with Gasteiger partial charge in [0.1, 0.15) is 5.75 Å². The number of ether oxygens (including phenoxy) is 7. The van der Waals surface area contributed by atoms with Crippen LogP contribution in [-0.4, -0.2) is 60.8 Å². The van der Waals surface area contributed by atoms with E-state index in [-0.39, 0.29) is 89.2 Å². The zero-order valence-corrected chi connectivity index (χ0v) is 26.1. The van der Waals surface area contributed by atoms with E-state index in [4.69, 9.17) is 79.6 Å². The summed E-state index contributed by atoms with van der Waals surface area (Å²) < 4.78 is 38.0. The minimum absolute atomic E-state index is 0.00308. The number of halogens is 4. The van der Waals surface area contributed by atoms with Crippen LogP contribution in [0.25, 0.3) is 0 Å². The third kappa shape index (κ3) is 5.51. The third-order valence-corrected chi connectivity index (χ3v) is 7.42. The first-order valence-corrected chi connectivity index (χ1v) is 13.3. The molecule has 0 heterocycles. The van der Waals surface area contributed by atoms with Crippen molar-refractivity contribution in [1.82, 2.24) is 0 Å². The van der Waals surface area contributed by atoms with Crippen molar-refractivity contribution in [3.63, 3.8) is 0 Å². The van der Waals surface area contributed by atoms with Gasteiger partial charge in [-0.25, -0.2) is 0 Å². The van der Waals surface area contributed by atoms with Crippen molar-refractivity contribution in [3.05, 3.63) is 60.5 Å². The SMILES string of the molecule is CCOc1cccc(C(=O)c2c(Cl)c(OC)c(OC)c(OC)c2Cl)c1C(=O)c1c(Cl)c(OC)c(OC)c(OC)c1Cl. The summed E-state index contributed by atoms with van der Waals surface area (Å²) in [4.78, 5) is 28.5. The molecule has 0 aliphatic rings. The third-order valence-electron chi connectivity index (χ3n) is 5.98. The van der Waals surface area contributed by atoms with Gasteiger partial charge in [-0.2, -0.15) is 0 Å². The fraction of sp³-hybridized carbons (Fsp3) is 0.286. The monoisotopic (exact) mass is 646 g/mol. The fourth-order valence-electron chi connectivity index (χ4n) is 4.24. The van der Waals surface area contributed by atoms with Gasteiger partial charge < -0.3 is 33.2 Å². The van der Waals surface area contributed by atoms with E-state index in [0.29, 0.717) is 0 Å². The minimum atomic E-state index is -0.772. The topological polar surface area (TPSA) is 98.8 Å². The Balaban J connectivity index is 2.42. The van der Waals surface area contributed by atoms with Gasteiger partial charge in [-0.05, 0) is 13.0 Å². The summed E-state index contributed by atoms with van der Waals surface area (Å²) in [5.41, 5.74) is -0.711. The zero-order chi connectivity index (χ0) is 30.6. The smallest absolute Gasteiger partial charge is 0.206 e. The average Bonchev–Trinajstić information content (AvgIpc) is 2.96. The van der Waals surface area contributed by atoms with Gasteiger partial charge in [0.15, 0.2) is 28.8 Å². The Morgan fingerprint density at radius 2 is 0.927 bits per heavy atom. The molecule has 0 fully saturated rings. The summed E-state index contributed by atoms with van der Waals surface area (Å²) in [7, 11) is 8.07.